The van der Waals surface area contributed by atoms with E-state index < -0.39 is 5.82 Å². The summed E-state index contributed by atoms with van der Waals surface area (Å²) < 4.78 is 29.4. The normalized spacial score (nSPS) is 10.7. The van der Waals surface area contributed by atoms with Crippen molar-refractivity contribution >= 4 is 5.84 Å². The summed E-state index contributed by atoms with van der Waals surface area (Å²) in [5, 5.41) is 7.26. The van der Waals surface area contributed by atoms with Crippen molar-refractivity contribution in [2.45, 2.75) is 13.0 Å². The summed E-state index contributed by atoms with van der Waals surface area (Å²) in [6.45, 7) is 2.26. The van der Waals surface area contributed by atoms with Crippen molar-refractivity contribution in [3.05, 3.63) is 35.1 Å². The lowest BCUT2D eigenvalue weighted by Crippen LogP contribution is -2.15. The van der Waals surface area contributed by atoms with E-state index in [0.717, 1.165) is 6.42 Å². The van der Waals surface area contributed by atoms with Crippen LogP contribution in [0.15, 0.2) is 18.2 Å². The van der Waals surface area contributed by atoms with Crippen molar-refractivity contribution in [2.24, 2.45) is 5.73 Å². The topological polar surface area (TPSA) is 77.6 Å². The number of nitrogens with one attached hydrogen (secondary N) is 1. The van der Waals surface area contributed by atoms with Gasteiger partial charge < -0.3 is 19.9 Å². The number of hydrogen-bond acceptors (Lipinski definition) is 4. The second kappa shape index (κ2) is 9.41. The highest BCUT2D eigenvalue weighted by Crippen LogP contribution is 2.13. The molecule has 0 aromatic heterocycles. The highest BCUT2D eigenvalue weighted by molar-refractivity contribution is 5.95. The zero-order chi connectivity index (χ0) is 14.8. The molecule has 0 spiro atoms. The highest BCUT2D eigenvalue weighted by atomic mass is 19.1. The lowest BCUT2D eigenvalue weighted by atomic mass is 10.1. The summed E-state index contributed by atoms with van der Waals surface area (Å²) in [5.41, 5.74) is 5.78. The van der Waals surface area contributed by atoms with E-state index in [4.69, 9.17) is 25.4 Å². The molecule has 1 aromatic carbocycles. The molecule has 0 atom stereocenters. The standard InChI is InChI=1S/C14H21FN2O3/c1-18-6-3-7-19-8-9-20-10-11-4-2-5-12(13(11)15)14(16)17/h2,4-5H,3,6-10H2,1H3,(H3,16,17). The molecule has 0 aliphatic carbocycles. The molecule has 0 saturated carbocycles. The quantitative estimate of drug-likeness (QED) is 0.389. The van der Waals surface area contributed by atoms with E-state index in [2.05, 4.69) is 0 Å². The minimum absolute atomic E-state index is 0.0990. The minimum Gasteiger partial charge on any atom is -0.385 e. The lowest BCUT2D eigenvalue weighted by molar-refractivity contribution is 0.0329. The molecule has 1 aromatic rings. The third-order valence-electron chi connectivity index (χ3n) is 2.64. The summed E-state index contributed by atoms with van der Waals surface area (Å²) in [6, 6.07) is 4.74. The minimum atomic E-state index is -0.499. The van der Waals surface area contributed by atoms with Gasteiger partial charge >= 0.3 is 0 Å². The van der Waals surface area contributed by atoms with E-state index in [9.17, 15) is 4.39 Å². The van der Waals surface area contributed by atoms with Gasteiger partial charge in [0.15, 0.2) is 0 Å². The van der Waals surface area contributed by atoms with Crippen LogP contribution in [-0.4, -0.2) is 39.4 Å². The molecule has 0 heterocycles. The molecule has 0 bridgehead atoms. The van der Waals surface area contributed by atoms with E-state index in [1.165, 1.54) is 6.07 Å². The van der Waals surface area contributed by atoms with Gasteiger partial charge in [0, 0.05) is 25.9 Å². The Morgan fingerprint density at radius 2 is 1.95 bits per heavy atom. The van der Waals surface area contributed by atoms with E-state index >= 15 is 0 Å². The van der Waals surface area contributed by atoms with Gasteiger partial charge in [0.25, 0.3) is 0 Å². The second-order valence-electron chi connectivity index (χ2n) is 4.20. The molecule has 3 N–H and O–H groups in total. The maximum absolute atomic E-state index is 13.9. The monoisotopic (exact) mass is 284 g/mol. The Hall–Kier alpha value is -1.50. The van der Waals surface area contributed by atoms with Crippen LogP contribution in [0, 0.1) is 11.2 Å². The summed E-state index contributed by atoms with van der Waals surface area (Å²) in [4.78, 5) is 0. The molecule has 1 rings (SSSR count). The van der Waals surface area contributed by atoms with Crippen LogP contribution < -0.4 is 5.73 Å². The fraction of sp³-hybridized carbons (Fsp3) is 0.500. The number of halogens is 1. The molecular formula is C14H21FN2O3. The summed E-state index contributed by atoms with van der Waals surface area (Å²) in [7, 11) is 1.65. The molecular weight excluding hydrogens is 263 g/mol. The van der Waals surface area contributed by atoms with Crippen molar-refractivity contribution in [3.8, 4) is 0 Å². The maximum Gasteiger partial charge on any atom is 0.139 e. The molecule has 0 aliphatic rings. The summed E-state index contributed by atoms with van der Waals surface area (Å²) >= 11 is 0. The largest absolute Gasteiger partial charge is 0.385 e. The van der Waals surface area contributed by atoms with Crippen molar-refractivity contribution in [1.82, 2.24) is 0 Å². The number of methoxy groups -OCH3 is 1. The number of benzene rings is 1. The molecule has 0 fully saturated rings. The fourth-order valence-corrected chi connectivity index (χ4v) is 1.61. The van der Waals surface area contributed by atoms with Gasteiger partial charge in [0.05, 0.1) is 25.4 Å². The van der Waals surface area contributed by atoms with E-state index in [1.807, 2.05) is 0 Å². The first kappa shape index (κ1) is 16.6. The second-order valence-corrected chi connectivity index (χ2v) is 4.20. The average molecular weight is 284 g/mol. The van der Waals surface area contributed by atoms with Crippen molar-refractivity contribution < 1.29 is 18.6 Å². The molecule has 0 amide bonds. The molecule has 5 nitrogen and oxygen atoms in total. The molecule has 0 unspecified atom stereocenters. The van der Waals surface area contributed by atoms with Crippen LogP contribution in [0.2, 0.25) is 0 Å². The van der Waals surface area contributed by atoms with Crippen LogP contribution in [0.5, 0.6) is 0 Å². The molecule has 0 aliphatic heterocycles. The fourth-order valence-electron chi connectivity index (χ4n) is 1.61. The smallest absolute Gasteiger partial charge is 0.139 e. The van der Waals surface area contributed by atoms with Gasteiger partial charge in [0.2, 0.25) is 0 Å². The Labute approximate surface area is 118 Å². The number of nitrogens with two attached hydrogens (primary N) is 1. The van der Waals surface area contributed by atoms with Crippen molar-refractivity contribution in [1.29, 1.82) is 5.41 Å². The third-order valence-corrected chi connectivity index (χ3v) is 2.64. The third kappa shape index (κ3) is 5.64. The van der Waals surface area contributed by atoms with Crippen LogP contribution in [0.4, 0.5) is 4.39 Å². The molecule has 0 saturated heterocycles. The van der Waals surface area contributed by atoms with Gasteiger partial charge in [-0.15, -0.1) is 0 Å². The van der Waals surface area contributed by atoms with E-state index in [-0.39, 0.29) is 18.0 Å². The number of rotatable bonds is 10. The molecule has 20 heavy (non-hydrogen) atoms. The number of amidine groups is 1. The molecule has 0 radical (unpaired) electrons. The summed E-state index contributed by atoms with van der Waals surface area (Å²) in [5.74, 6) is -0.785. The summed E-state index contributed by atoms with van der Waals surface area (Å²) in [6.07, 6.45) is 0.839. The number of nitrogen functional groups attached to an aromatic ring is 1. The first-order chi connectivity index (χ1) is 9.66. The zero-order valence-electron chi connectivity index (χ0n) is 11.7. The van der Waals surface area contributed by atoms with Gasteiger partial charge in [-0.2, -0.15) is 0 Å². The lowest BCUT2D eigenvalue weighted by Gasteiger charge is -2.08. The Bertz CT molecular complexity index is 427. The first-order valence-electron chi connectivity index (χ1n) is 6.43. The maximum atomic E-state index is 13.9. The van der Waals surface area contributed by atoms with Crippen LogP contribution >= 0.6 is 0 Å². The van der Waals surface area contributed by atoms with Crippen molar-refractivity contribution in [3.63, 3.8) is 0 Å². The van der Waals surface area contributed by atoms with Crippen LogP contribution in [0.1, 0.15) is 17.5 Å². The number of hydrogen-bond donors (Lipinski definition) is 2. The van der Waals surface area contributed by atoms with Gasteiger partial charge in [-0.05, 0) is 12.5 Å². The Morgan fingerprint density at radius 3 is 2.65 bits per heavy atom. The Balaban J connectivity index is 2.25. The predicted molar refractivity (Wildman–Crippen MR) is 74.4 cm³/mol. The van der Waals surface area contributed by atoms with E-state index in [0.29, 0.717) is 32.0 Å². The Kier molecular flexibility index (Phi) is 7.79. The number of ether oxygens (including phenoxy) is 3. The highest BCUT2D eigenvalue weighted by Gasteiger charge is 2.09. The van der Waals surface area contributed by atoms with Crippen LogP contribution in [0.3, 0.4) is 0 Å². The average Bonchev–Trinajstić information content (AvgIpc) is 2.43. The SMILES string of the molecule is COCCCOCCOCc1cccc(C(=N)N)c1F. The van der Waals surface area contributed by atoms with E-state index in [1.54, 1.807) is 19.2 Å². The van der Waals surface area contributed by atoms with Gasteiger partial charge in [-0.25, -0.2) is 4.39 Å². The molecule has 112 valence electrons. The van der Waals surface area contributed by atoms with Crippen LogP contribution in [0.25, 0.3) is 0 Å². The van der Waals surface area contributed by atoms with Gasteiger partial charge in [0.1, 0.15) is 11.7 Å². The predicted octanol–water partition coefficient (Wildman–Crippen LogP) is 1.68. The van der Waals surface area contributed by atoms with Gasteiger partial charge in [-0.1, -0.05) is 12.1 Å². The Morgan fingerprint density at radius 1 is 1.20 bits per heavy atom. The zero-order valence-corrected chi connectivity index (χ0v) is 11.7. The van der Waals surface area contributed by atoms with Crippen LogP contribution in [-0.2, 0) is 20.8 Å². The first-order valence-corrected chi connectivity index (χ1v) is 6.43. The molecule has 6 heteroatoms. The van der Waals surface area contributed by atoms with Crippen molar-refractivity contribution in [2.75, 3.05) is 33.5 Å². The van der Waals surface area contributed by atoms with Gasteiger partial charge in [-0.3, -0.25) is 5.41 Å².